The Morgan fingerprint density at radius 1 is 0.939 bits per heavy atom. The van der Waals surface area contributed by atoms with Crippen molar-refractivity contribution in [2.45, 2.75) is 38.0 Å². The van der Waals surface area contributed by atoms with Gasteiger partial charge in [0.2, 0.25) is 5.91 Å². The lowest BCUT2D eigenvalue weighted by Crippen LogP contribution is -2.44. The summed E-state index contributed by atoms with van der Waals surface area (Å²) in [5.74, 6) is 1.25. The van der Waals surface area contributed by atoms with Crippen molar-refractivity contribution >= 4 is 51.8 Å². The summed E-state index contributed by atoms with van der Waals surface area (Å²) in [5, 5.41) is 12.4. The molecule has 0 saturated heterocycles. The third-order valence-electron chi connectivity index (χ3n) is 9.82. The summed E-state index contributed by atoms with van der Waals surface area (Å²) < 4.78 is 11.9. The van der Waals surface area contributed by atoms with Crippen molar-refractivity contribution in [2.24, 2.45) is 4.99 Å². The first-order chi connectivity index (χ1) is 23.9. The molecule has 8 rings (SSSR count). The summed E-state index contributed by atoms with van der Waals surface area (Å²) in [6.45, 7) is 1.21. The van der Waals surface area contributed by atoms with Crippen molar-refractivity contribution < 1.29 is 24.2 Å². The van der Waals surface area contributed by atoms with Gasteiger partial charge in [0.1, 0.15) is 12.4 Å². The predicted molar refractivity (Wildman–Crippen MR) is 191 cm³/mol. The van der Waals surface area contributed by atoms with E-state index in [9.17, 15) is 14.7 Å². The monoisotopic (exact) mass is 671 g/mol. The van der Waals surface area contributed by atoms with Crippen LogP contribution < -0.4 is 14.4 Å². The molecule has 3 aliphatic rings. The summed E-state index contributed by atoms with van der Waals surface area (Å²) in [6, 6.07) is 28.6. The molecule has 9 heteroatoms. The molecule has 3 aliphatic heterocycles. The van der Waals surface area contributed by atoms with Gasteiger partial charge in [-0.15, -0.1) is 11.6 Å². The van der Waals surface area contributed by atoms with Crippen LogP contribution in [0.2, 0.25) is 0 Å². The number of hydrogen-bond acceptors (Lipinski definition) is 6. The maximum absolute atomic E-state index is 13.7. The van der Waals surface area contributed by atoms with E-state index in [1.54, 1.807) is 30.2 Å². The van der Waals surface area contributed by atoms with Crippen LogP contribution in [0.4, 0.5) is 11.4 Å². The molecule has 0 bridgehead atoms. The zero-order valence-electron chi connectivity index (χ0n) is 26.9. The molecule has 5 aromatic rings. The number of benzene rings is 5. The smallest absolute Gasteiger partial charge is 0.257 e. The molecule has 0 aliphatic carbocycles. The number of halogens is 1. The lowest BCUT2D eigenvalue weighted by atomic mass is 9.94. The van der Waals surface area contributed by atoms with Gasteiger partial charge in [-0.2, -0.15) is 0 Å². The standard InChI is InChI=1S/C40H34ClN3O5/c1-48-36-16-32-33(42-20-29-15-26-9-2-3-10-27(26)21-43(29)40(32)47)17-37(36)49-23-25-8-6-7-24(13-25)14-38(46)44-22-28(19-41)39-31-12-5-4-11-30(31)35(45)18-34(39)44/h2-13,16-18,20,28-29,45H,14-15,19,21-23H2,1H3/t28-,29+/m1/s1. The number of fused-ring (bicyclic) bond motifs is 6. The number of ether oxygens (including phenoxy) is 2. The number of carbonyl (C=O) groups excluding carboxylic acids is 2. The van der Waals surface area contributed by atoms with Crippen LogP contribution in [0.1, 0.15) is 44.1 Å². The van der Waals surface area contributed by atoms with Crippen LogP contribution in [-0.2, 0) is 30.8 Å². The first kappa shape index (κ1) is 31.0. The topological polar surface area (TPSA) is 91.7 Å². The van der Waals surface area contributed by atoms with Crippen molar-refractivity contribution in [1.29, 1.82) is 0 Å². The molecule has 2 atom stereocenters. The quantitative estimate of drug-likeness (QED) is 0.183. The van der Waals surface area contributed by atoms with Crippen LogP contribution in [0, 0.1) is 0 Å². The molecule has 0 unspecified atom stereocenters. The average Bonchev–Trinajstić information content (AvgIpc) is 3.45. The number of rotatable bonds is 7. The Labute approximate surface area is 289 Å². The van der Waals surface area contributed by atoms with Crippen LogP contribution in [0.15, 0.2) is 96.0 Å². The Kier molecular flexibility index (Phi) is 7.96. The van der Waals surface area contributed by atoms with Gasteiger partial charge in [-0.05, 0) is 45.7 Å². The molecule has 246 valence electrons. The summed E-state index contributed by atoms with van der Waals surface area (Å²) in [4.78, 5) is 35.8. The number of nitrogens with zero attached hydrogens (tertiary/aromatic N) is 3. The van der Waals surface area contributed by atoms with Crippen LogP contribution in [0.3, 0.4) is 0 Å². The van der Waals surface area contributed by atoms with E-state index in [4.69, 9.17) is 26.1 Å². The fraction of sp³-hybridized carbons (Fsp3) is 0.225. The van der Waals surface area contributed by atoms with Gasteiger partial charge in [-0.25, -0.2) is 0 Å². The van der Waals surface area contributed by atoms with E-state index < -0.39 is 0 Å². The highest BCUT2D eigenvalue weighted by atomic mass is 35.5. The number of alkyl halides is 1. The molecule has 0 spiro atoms. The maximum atomic E-state index is 13.7. The third-order valence-corrected chi connectivity index (χ3v) is 10.2. The van der Waals surface area contributed by atoms with Gasteiger partial charge >= 0.3 is 0 Å². The second-order valence-electron chi connectivity index (χ2n) is 12.8. The maximum Gasteiger partial charge on any atom is 0.257 e. The van der Waals surface area contributed by atoms with Gasteiger partial charge in [0.15, 0.2) is 11.5 Å². The van der Waals surface area contributed by atoms with E-state index in [0.29, 0.717) is 47.4 Å². The van der Waals surface area contributed by atoms with Crippen LogP contribution in [0.5, 0.6) is 17.2 Å². The molecule has 3 heterocycles. The molecule has 0 aromatic heterocycles. The number of phenolic OH excluding ortho intramolecular Hbond substituents is 1. The van der Waals surface area contributed by atoms with E-state index in [2.05, 4.69) is 12.1 Å². The lowest BCUT2D eigenvalue weighted by Gasteiger charge is -2.34. The van der Waals surface area contributed by atoms with Gasteiger partial charge in [0.25, 0.3) is 5.91 Å². The highest BCUT2D eigenvalue weighted by Crippen LogP contribution is 2.45. The van der Waals surface area contributed by atoms with Gasteiger partial charge in [0.05, 0.1) is 36.5 Å². The number of phenols is 1. The Hall–Kier alpha value is -5.34. The third kappa shape index (κ3) is 5.56. The average molecular weight is 672 g/mol. The SMILES string of the molecule is COc1cc2c(cc1OCc1cccc(CC(=O)N3C[C@@H](CCl)c4c3cc(O)c3ccccc43)c1)N=C[C@@H]1Cc3ccccc3CN1C2=O. The second kappa shape index (κ2) is 12.6. The van der Waals surface area contributed by atoms with E-state index in [0.717, 1.165) is 39.4 Å². The molecule has 49 heavy (non-hydrogen) atoms. The Morgan fingerprint density at radius 2 is 1.71 bits per heavy atom. The molecule has 2 amide bonds. The Morgan fingerprint density at radius 3 is 2.53 bits per heavy atom. The zero-order valence-corrected chi connectivity index (χ0v) is 27.7. The summed E-state index contributed by atoms with van der Waals surface area (Å²) in [5.41, 5.74) is 6.83. The van der Waals surface area contributed by atoms with Gasteiger partial charge in [0, 0.05) is 48.6 Å². The highest BCUT2D eigenvalue weighted by molar-refractivity contribution is 6.19. The van der Waals surface area contributed by atoms with Crippen molar-refractivity contribution in [2.75, 3.05) is 24.4 Å². The minimum Gasteiger partial charge on any atom is -0.507 e. The van der Waals surface area contributed by atoms with Gasteiger partial charge in [-0.3, -0.25) is 14.6 Å². The molecule has 0 saturated carbocycles. The van der Waals surface area contributed by atoms with E-state index in [-0.39, 0.29) is 42.6 Å². The predicted octanol–water partition coefficient (Wildman–Crippen LogP) is 7.33. The van der Waals surface area contributed by atoms with Gasteiger partial charge < -0.3 is 24.4 Å². The summed E-state index contributed by atoms with van der Waals surface area (Å²) in [7, 11) is 1.55. The minimum atomic E-state index is -0.129. The molecular formula is C40H34ClN3O5. The molecule has 0 fully saturated rings. The number of anilines is 1. The molecule has 5 aromatic carbocycles. The first-order valence-corrected chi connectivity index (χ1v) is 16.9. The second-order valence-corrected chi connectivity index (χ2v) is 13.1. The van der Waals surface area contributed by atoms with Crippen LogP contribution in [0.25, 0.3) is 10.8 Å². The van der Waals surface area contributed by atoms with Crippen LogP contribution in [-0.4, -0.2) is 53.6 Å². The first-order valence-electron chi connectivity index (χ1n) is 16.4. The van der Waals surface area contributed by atoms with Gasteiger partial charge in [-0.1, -0.05) is 72.8 Å². The Balaban J connectivity index is 0.997. The Bertz CT molecular complexity index is 2160. The van der Waals surface area contributed by atoms with E-state index in [1.807, 2.05) is 71.8 Å². The summed E-state index contributed by atoms with van der Waals surface area (Å²) >= 11 is 6.38. The normalized spacial score (nSPS) is 17.6. The molecular weight excluding hydrogens is 638 g/mol. The number of aromatic hydroxyl groups is 1. The number of methoxy groups -OCH3 is 1. The number of hydrogen-bond donors (Lipinski definition) is 1. The zero-order chi connectivity index (χ0) is 33.6. The van der Waals surface area contributed by atoms with Crippen molar-refractivity contribution in [1.82, 2.24) is 4.90 Å². The highest BCUT2D eigenvalue weighted by Gasteiger charge is 2.35. The number of amides is 2. The van der Waals surface area contributed by atoms with Crippen molar-refractivity contribution in [3.05, 3.63) is 124 Å². The fourth-order valence-corrected chi connectivity index (χ4v) is 7.62. The fourth-order valence-electron chi connectivity index (χ4n) is 7.37. The van der Waals surface area contributed by atoms with E-state index >= 15 is 0 Å². The molecule has 1 N–H and O–H groups in total. The van der Waals surface area contributed by atoms with Crippen LogP contribution >= 0.6 is 11.6 Å². The largest absolute Gasteiger partial charge is 0.507 e. The number of aliphatic imine (C=N–C) groups is 1. The van der Waals surface area contributed by atoms with Crippen molar-refractivity contribution in [3.8, 4) is 17.2 Å². The minimum absolute atomic E-state index is 0.0288. The number of carbonyl (C=O) groups is 2. The lowest BCUT2D eigenvalue weighted by molar-refractivity contribution is -0.117. The summed E-state index contributed by atoms with van der Waals surface area (Å²) in [6.07, 6.45) is 2.75. The molecule has 0 radical (unpaired) electrons. The van der Waals surface area contributed by atoms with Crippen molar-refractivity contribution in [3.63, 3.8) is 0 Å². The molecule has 8 nitrogen and oxygen atoms in total. The van der Waals surface area contributed by atoms with E-state index in [1.165, 1.54) is 5.56 Å².